The molecular formula is C28H19N3O3S. The molecule has 0 saturated heterocycles. The van der Waals surface area contributed by atoms with Crippen molar-refractivity contribution in [3.63, 3.8) is 0 Å². The molecule has 5 rings (SSSR count). The lowest BCUT2D eigenvalue weighted by molar-refractivity contribution is -0.384. The van der Waals surface area contributed by atoms with Crippen molar-refractivity contribution in [2.24, 2.45) is 0 Å². The molecule has 6 nitrogen and oxygen atoms in total. The summed E-state index contributed by atoms with van der Waals surface area (Å²) in [5.41, 5.74) is 5.94. The first-order valence-electron chi connectivity index (χ1n) is 10.9. The van der Waals surface area contributed by atoms with Crippen molar-refractivity contribution >= 4 is 27.8 Å². The van der Waals surface area contributed by atoms with Gasteiger partial charge in [-0.3, -0.25) is 15.1 Å². The topological polar surface area (TPSA) is 89.0 Å². The number of aromatic nitrogens is 1. The van der Waals surface area contributed by atoms with Gasteiger partial charge in [0.15, 0.2) is 0 Å². The summed E-state index contributed by atoms with van der Waals surface area (Å²) in [4.78, 5) is 15.7. The van der Waals surface area contributed by atoms with E-state index in [0.717, 1.165) is 37.9 Å². The molecular weight excluding hydrogens is 458 g/mol. The van der Waals surface area contributed by atoms with Gasteiger partial charge < -0.3 is 4.74 Å². The number of hydrogen-bond donors (Lipinski definition) is 0. The lowest BCUT2D eigenvalue weighted by atomic mass is 9.92. The first kappa shape index (κ1) is 22.4. The van der Waals surface area contributed by atoms with E-state index in [2.05, 4.69) is 29.3 Å². The van der Waals surface area contributed by atoms with Crippen LogP contribution in [0.5, 0.6) is 0 Å². The van der Waals surface area contributed by atoms with Gasteiger partial charge in [-0.05, 0) is 51.7 Å². The number of nitro benzene ring substituents is 1. The first-order chi connectivity index (χ1) is 17.1. The summed E-state index contributed by atoms with van der Waals surface area (Å²) in [7, 11) is 0. The molecule has 0 aliphatic heterocycles. The largest absolute Gasteiger partial charge is 0.363 e. The third kappa shape index (κ3) is 4.66. The van der Waals surface area contributed by atoms with Gasteiger partial charge in [0.1, 0.15) is 6.10 Å². The van der Waals surface area contributed by atoms with Crippen molar-refractivity contribution in [1.82, 2.24) is 4.98 Å². The average molecular weight is 478 g/mol. The molecule has 7 heteroatoms. The van der Waals surface area contributed by atoms with Crippen LogP contribution in [0.2, 0.25) is 0 Å². The maximum atomic E-state index is 10.9. The van der Waals surface area contributed by atoms with Crippen LogP contribution in [0.3, 0.4) is 0 Å². The Balaban J connectivity index is 1.53. The molecule has 0 aliphatic carbocycles. The van der Waals surface area contributed by atoms with Gasteiger partial charge in [0.25, 0.3) is 5.69 Å². The summed E-state index contributed by atoms with van der Waals surface area (Å²) < 4.78 is 6.33. The quantitative estimate of drug-likeness (QED) is 0.185. The molecule has 5 aromatic rings. The molecule has 35 heavy (non-hydrogen) atoms. The molecule has 0 bridgehead atoms. The summed E-state index contributed by atoms with van der Waals surface area (Å²) in [5, 5.41) is 23.0. The molecule has 0 amide bonds. The molecule has 1 unspecified atom stereocenters. The third-order valence-electron chi connectivity index (χ3n) is 5.82. The smallest absolute Gasteiger partial charge is 0.269 e. The third-order valence-corrected chi connectivity index (χ3v) is 6.64. The number of fused-ring (bicyclic) bond motifs is 1. The number of nitro groups is 1. The second kappa shape index (κ2) is 9.85. The van der Waals surface area contributed by atoms with E-state index in [0.29, 0.717) is 5.56 Å². The van der Waals surface area contributed by atoms with Gasteiger partial charge in [0, 0.05) is 23.9 Å². The monoisotopic (exact) mass is 477 g/mol. The number of benzene rings is 4. The number of rotatable bonds is 7. The number of hydrogen-bond acceptors (Lipinski definition) is 6. The Hall–Kier alpha value is -4.38. The molecule has 170 valence electrons. The SMILES string of the molecule is N#Cc1ccc(C(OCc2ccc([N+](=O)[O-])cc2)c2cncs2)cc1-c1cccc2ccccc12. The van der Waals surface area contributed by atoms with Crippen LogP contribution in [-0.2, 0) is 11.3 Å². The number of thiazole rings is 1. The van der Waals surface area contributed by atoms with Gasteiger partial charge in [0.2, 0.25) is 0 Å². The highest BCUT2D eigenvalue weighted by Crippen LogP contribution is 2.36. The molecule has 4 aromatic carbocycles. The Morgan fingerprint density at radius 1 is 1.00 bits per heavy atom. The van der Waals surface area contributed by atoms with Crippen LogP contribution < -0.4 is 0 Å². The normalized spacial score (nSPS) is 11.7. The molecule has 0 N–H and O–H groups in total. The van der Waals surface area contributed by atoms with Crippen LogP contribution in [0.1, 0.15) is 27.7 Å². The molecule has 0 aliphatic rings. The van der Waals surface area contributed by atoms with Crippen LogP contribution >= 0.6 is 11.3 Å². The Bertz CT molecular complexity index is 1540. The minimum atomic E-state index is -0.420. The van der Waals surface area contributed by atoms with E-state index in [1.807, 2.05) is 42.5 Å². The van der Waals surface area contributed by atoms with E-state index in [4.69, 9.17) is 4.74 Å². The highest BCUT2D eigenvalue weighted by Gasteiger charge is 2.20. The Kier molecular flexibility index (Phi) is 6.31. The van der Waals surface area contributed by atoms with Gasteiger partial charge in [-0.1, -0.05) is 48.5 Å². The van der Waals surface area contributed by atoms with Crippen molar-refractivity contribution in [3.05, 3.63) is 128 Å². The number of nitriles is 1. The number of nitrogens with zero attached hydrogens (tertiary/aromatic N) is 3. The van der Waals surface area contributed by atoms with Gasteiger partial charge in [-0.2, -0.15) is 5.26 Å². The van der Waals surface area contributed by atoms with E-state index in [1.165, 1.54) is 23.5 Å². The van der Waals surface area contributed by atoms with Crippen molar-refractivity contribution in [1.29, 1.82) is 5.26 Å². The first-order valence-corrected chi connectivity index (χ1v) is 11.8. The fourth-order valence-electron chi connectivity index (χ4n) is 4.10. The molecule has 0 radical (unpaired) electrons. The van der Waals surface area contributed by atoms with E-state index >= 15 is 0 Å². The summed E-state index contributed by atoms with van der Waals surface area (Å²) in [5.74, 6) is 0. The zero-order valence-corrected chi connectivity index (χ0v) is 19.3. The lowest BCUT2D eigenvalue weighted by Gasteiger charge is -2.19. The highest BCUT2D eigenvalue weighted by atomic mass is 32.1. The van der Waals surface area contributed by atoms with Gasteiger partial charge in [-0.25, -0.2) is 0 Å². The van der Waals surface area contributed by atoms with Crippen molar-refractivity contribution in [2.45, 2.75) is 12.7 Å². The van der Waals surface area contributed by atoms with E-state index in [-0.39, 0.29) is 12.3 Å². The van der Waals surface area contributed by atoms with E-state index in [9.17, 15) is 15.4 Å². The lowest BCUT2D eigenvalue weighted by Crippen LogP contribution is -2.06. The standard InChI is InChI=1S/C28H19N3O3S/c29-15-22-11-10-21(14-26(22)25-7-3-5-20-4-1-2-6-24(20)25)28(27-16-30-18-35-27)34-17-19-8-12-23(13-9-19)31(32)33/h1-14,16,18,28H,17H2. The maximum absolute atomic E-state index is 10.9. The fraction of sp³-hybridized carbons (Fsp3) is 0.0714. The molecule has 1 heterocycles. The summed E-state index contributed by atoms with van der Waals surface area (Å²) in [6.07, 6.45) is 1.38. The fourth-order valence-corrected chi connectivity index (χ4v) is 4.79. The van der Waals surface area contributed by atoms with Crippen molar-refractivity contribution < 1.29 is 9.66 Å². The van der Waals surface area contributed by atoms with Gasteiger partial charge >= 0.3 is 0 Å². The van der Waals surface area contributed by atoms with Crippen LogP contribution in [0.25, 0.3) is 21.9 Å². The minimum Gasteiger partial charge on any atom is -0.363 e. The van der Waals surface area contributed by atoms with Crippen LogP contribution in [0.4, 0.5) is 5.69 Å². The zero-order valence-electron chi connectivity index (χ0n) is 18.5. The number of ether oxygens (including phenoxy) is 1. The minimum absolute atomic E-state index is 0.0413. The zero-order chi connectivity index (χ0) is 24.2. The Morgan fingerprint density at radius 3 is 2.54 bits per heavy atom. The summed E-state index contributed by atoms with van der Waals surface area (Å²) >= 11 is 1.49. The molecule has 0 saturated carbocycles. The van der Waals surface area contributed by atoms with Gasteiger partial charge in [0.05, 0.1) is 33.6 Å². The predicted octanol–water partition coefficient (Wildman–Crippen LogP) is 7.05. The van der Waals surface area contributed by atoms with Crippen LogP contribution in [0, 0.1) is 21.4 Å². The Labute approximate surface area is 205 Å². The molecule has 1 aromatic heterocycles. The highest BCUT2D eigenvalue weighted by molar-refractivity contribution is 7.09. The van der Waals surface area contributed by atoms with Crippen molar-refractivity contribution in [2.75, 3.05) is 0 Å². The summed E-state index contributed by atoms with van der Waals surface area (Å²) in [6.45, 7) is 0.268. The molecule has 0 fully saturated rings. The van der Waals surface area contributed by atoms with Gasteiger partial charge in [-0.15, -0.1) is 11.3 Å². The Morgan fingerprint density at radius 2 is 1.80 bits per heavy atom. The second-order valence-electron chi connectivity index (χ2n) is 7.96. The average Bonchev–Trinajstić information content (AvgIpc) is 3.43. The van der Waals surface area contributed by atoms with E-state index in [1.54, 1.807) is 23.8 Å². The van der Waals surface area contributed by atoms with E-state index < -0.39 is 11.0 Å². The van der Waals surface area contributed by atoms with Crippen LogP contribution in [0.15, 0.2) is 96.6 Å². The maximum Gasteiger partial charge on any atom is 0.269 e. The second-order valence-corrected chi connectivity index (χ2v) is 8.88. The van der Waals surface area contributed by atoms with Crippen LogP contribution in [-0.4, -0.2) is 9.91 Å². The molecule has 1 atom stereocenters. The predicted molar refractivity (Wildman–Crippen MR) is 136 cm³/mol. The summed E-state index contributed by atoms with van der Waals surface area (Å²) in [6, 6.07) is 28.6. The van der Waals surface area contributed by atoms with Crippen molar-refractivity contribution in [3.8, 4) is 17.2 Å². The molecule has 0 spiro atoms. The number of non-ortho nitro benzene ring substituents is 1.